The number of benzene rings is 1. The van der Waals surface area contributed by atoms with Crippen molar-refractivity contribution in [3.8, 4) is 5.75 Å². The SMILES string of the molecule is CCNC(=NCc1ccccc1OCCN(C)C)N1CCN(C(=O)C2CCCO2)CC1.I. The summed E-state index contributed by atoms with van der Waals surface area (Å²) in [6, 6.07) is 8.08. The zero-order valence-electron chi connectivity index (χ0n) is 19.6. The molecule has 2 aliphatic rings. The van der Waals surface area contributed by atoms with Crippen LogP contribution in [0.4, 0.5) is 0 Å². The molecule has 2 aliphatic heterocycles. The molecule has 0 aliphatic carbocycles. The molecule has 1 unspecified atom stereocenters. The predicted molar refractivity (Wildman–Crippen MR) is 138 cm³/mol. The van der Waals surface area contributed by atoms with E-state index in [1.165, 1.54) is 0 Å². The van der Waals surface area contributed by atoms with Gasteiger partial charge in [0.1, 0.15) is 18.5 Å². The largest absolute Gasteiger partial charge is 0.492 e. The summed E-state index contributed by atoms with van der Waals surface area (Å²) in [6.45, 7) is 8.59. The van der Waals surface area contributed by atoms with E-state index in [1.807, 2.05) is 37.2 Å². The Bertz CT molecular complexity index is 732. The molecule has 1 N–H and O–H groups in total. The molecule has 1 atom stereocenters. The molecule has 1 amide bonds. The molecule has 2 saturated heterocycles. The minimum atomic E-state index is -0.238. The van der Waals surface area contributed by atoms with Crippen molar-refractivity contribution in [1.29, 1.82) is 0 Å². The van der Waals surface area contributed by atoms with E-state index in [0.29, 0.717) is 32.8 Å². The van der Waals surface area contributed by atoms with Crippen molar-refractivity contribution in [1.82, 2.24) is 20.0 Å². The Kier molecular flexibility index (Phi) is 11.5. The number of amides is 1. The number of aliphatic imine (C=N–C) groups is 1. The maximum atomic E-state index is 12.6. The molecule has 8 nitrogen and oxygen atoms in total. The van der Waals surface area contributed by atoms with E-state index >= 15 is 0 Å². The summed E-state index contributed by atoms with van der Waals surface area (Å²) in [5, 5.41) is 3.40. The number of hydrogen-bond donors (Lipinski definition) is 1. The van der Waals surface area contributed by atoms with Gasteiger partial charge in [-0.2, -0.15) is 0 Å². The molecular formula is C23H38IN5O3. The molecule has 32 heavy (non-hydrogen) atoms. The molecule has 180 valence electrons. The molecule has 0 spiro atoms. The lowest BCUT2D eigenvalue weighted by atomic mass is 10.2. The summed E-state index contributed by atoms with van der Waals surface area (Å²) < 4.78 is 11.5. The number of guanidine groups is 1. The number of para-hydroxylation sites is 1. The van der Waals surface area contributed by atoms with Crippen LogP contribution in [0, 0.1) is 0 Å². The van der Waals surface area contributed by atoms with Crippen LogP contribution in [-0.2, 0) is 16.1 Å². The topological polar surface area (TPSA) is 69.6 Å². The van der Waals surface area contributed by atoms with Gasteiger partial charge >= 0.3 is 0 Å². The van der Waals surface area contributed by atoms with Gasteiger partial charge in [-0.3, -0.25) is 4.79 Å². The second-order valence-electron chi connectivity index (χ2n) is 8.24. The maximum absolute atomic E-state index is 12.6. The lowest BCUT2D eigenvalue weighted by Crippen LogP contribution is -2.55. The van der Waals surface area contributed by atoms with Gasteiger partial charge in [-0.05, 0) is 39.9 Å². The zero-order valence-corrected chi connectivity index (χ0v) is 21.9. The van der Waals surface area contributed by atoms with E-state index < -0.39 is 0 Å². The normalized spacial score (nSPS) is 19.1. The maximum Gasteiger partial charge on any atom is 0.251 e. The summed E-state index contributed by atoms with van der Waals surface area (Å²) in [5.41, 5.74) is 1.07. The Morgan fingerprint density at radius 3 is 2.59 bits per heavy atom. The fraction of sp³-hybridized carbons (Fsp3) is 0.652. The van der Waals surface area contributed by atoms with E-state index in [0.717, 1.165) is 56.3 Å². The highest BCUT2D eigenvalue weighted by atomic mass is 127. The van der Waals surface area contributed by atoms with Crippen LogP contribution < -0.4 is 10.1 Å². The van der Waals surface area contributed by atoms with Gasteiger partial charge in [0.05, 0.1) is 6.54 Å². The quantitative estimate of drug-likeness (QED) is 0.299. The molecule has 0 bridgehead atoms. The first-order chi connectivity index (χ1) is 15.1. The van der Waals surface area contributed by atoms with Crippen molar-refractivity contribution in [3.05, 3.63) is 29.8 Å². The van der Waals surface area contributed by atoms with Gasteiger partial charge in [0.15, 0.2) is 5.96 Å². The van der Waals surface area contributed by atoms with Crippen LogP contribution in [0.15, 0.2) is 29.3 Å². The number of ether oxygens (including phenoxy) is 2. The molecule has 0 saturated carbocycles. The summed E-state index contributed by atoms with van der Waals surface area (Å²) in [7, 11) is 4.08. The second-order valence-corrected chi connectivity index (χ2v) is 8.24. The average Bonchev–Trinajstić information content (AvgIpc) is 3.32. The van der Waals surface area contributed by atoms with Crippen LogP contribution >= 0.6 is 24.0 Å². The van der Waals surface area contributed by atoms with E-state index in [-0.39, 0.29) is 36.0 Å². The monoisotopic (exact) mass is 559 g/mol. The molecular weight excluding hydrogens is 521 g/mol. The summed E-state index contributed by atoms with van der Waals surface area (Å²) >= 11 is 0. The van der Waals surface area contributed by atoms with Crippen LogP contribution in [0.25, 0.3) is 0 Å². The highest BCUT2D eigenvalue weighted by Gasteiger charge is 2.30. The standard InChI is InChI=1S/C23H37N5O3.HI/c1-4-24-23(25-18-19-8-5-6-9-20(19)31-17-15-26(2)3)28-13-11-27(12-14-28)22(29)21-10-7-16-30-21;/h5-6,8-9,21H,4,7,10-18H2,1-3H3,(H,24,25);1H. The number of rotatable bonds is 8. The van der Waals surface area contributed by atoms with E-state index in [9.17, 15) is 4.79 Å². The van der Waals surface area contributed by atoms with Gasteiger partial charge in [-0.15, -0.1) is 24.0 Å². The molecule has 1 aromatic rings. The van der Waals surface area contributed by atoms with Crippen molar-refractivity contribution >= 4 is 35.8 Å². The van der Waals surface area contributed by atoms with Crippen molar-refractivity contribution in [2.45, 2.75) is 32.4 Å². The van der Waals surface area contributed by atoms with Crippen molar-refractivity contribution in [3.63, 3.8) is 0 Å². The van der Waals surface area contributed by atoms with Gasteiger partial charge < -0.3 is 29.5 Å². The lowest BCUT2D eigenvalue weighted by molar-refractivity contribution is -0.142. The fourth-order valence-corrected chi connectivity index (χ4v) is 3.81. The number of halogens is 1. The van der Waals surface area contributed by atoms with Crippen molar-refractivity contribution < 1.29 is 14.3 Å². The summed E-state index contributed by atoms with van der Waals surface area (Å²) in [6.07, 6.45) is 1.59. The van der Waals surface area contributed by atoms with Crippen LogP contribution in [0.3, 0.4) is 0 Å². The molecule has 3 rings (SSSR count). The smallest absolute Gasteiger partial charge is 0.251 e. The second kappa shape index (κ2) is 13.8. The average molecular weight is 559 g/mol. The van der Waals surface area contributed by atoms with Gasteiger partial charge in [0.25, 0.3) is 5.91 Å². The highest BCUT2D eigenvalue weighted by Crippen LogP contribution is 2.19. The van der Waals surface area contributed by atoms with Gasteiger partial charge in [0.2, 0.25) is 0 Å². The molecule has 0 aromatic heterocycles. The van der Waals surface area contributed by atoms with Gasteiger partial charge in [-0.1, -0.05) is 18.2 Å². The third kappa shape index (κ3) is 7.77. The van der Waals surface area contributed by atoms with Crippen LogP contribution in [0.1, 0.15) is 25.3 Å². The predicted octanol–water partition coefficient (Wildman–Crippen LogP) is 2.03. The van der Waals surface area contributed by atoms with Crippen molar-refractivity contribution in [2.24, 2.45) is 4.99 Å². The van der Waals surface area contributed by atoms with Crippen molar-refractivity contribution in [2.75, 3.05) is 66.6 Å². The lowest BCUT2D eigenvalue weighted by Gasteiger charge is -2.37. The molecule has 2 fully saturated rings. The van der Waals surface area contributed by atoms with E-state index in [2.05, 4.69) is 28.1 Å². The molecule has 9 heteroatoms. The Morgan fingerprint density at radius 2 is 1.94 bits per heavy atom. The Hall–Kier alpha value is -1.59. The fourth-order valence-electron chi connectivity index (χ4n) is 3.81. The molecule has 2 heterocycles. The van der Waals surface area contributed by atoms with E-state index in [1.54, 1.807) is 0 Å². The third-order valence-electron chi connectivity index (χ3n) is 5.60. The zero-order chi connectivity index (χ0) is 22.1. The number of nitrogens with zero attached hydrogens (tertiary/aromatic N) is 4. The first-order valence-electron chi connectivity index (χ1n) is 11.4. The Balaban J connectivity index is 0.00000363. The number of nitrogens with one attached hydrogen (secondary N) is 1. The molecule has 1 aromatic carbocycles. The van der Waals surface area contributed by atoms with Crippen LogP contribution in [0.2, 0.25) is 0 Å². The Labute approximate surface area is 209 Å². The minimum absolute atomic E-state index is 0. The Morgan fingerprint density at radius 1 is 1.22 bits per heavy atom. The number of hydrogen-bond acceptors (Lipinski definition) is 5. The first-order valence-corrected chi connectivity index (χ1v) is 11.4. The first kappa shape index (κ1) is 26.7. The molecule has 0 radical (unpaired) electrons. The van der Waals surface area contributed by atoms with Gasteiger partial charge in [-0.25, -0.2) is 4.99 Å². The van der Waals surface area contributed by atoms with Crippen LogP contribution in [0.5, 0.6) is 5.75 Å². The number of piperazine rings is 1. The number of carbonyl (C=O) groups is 1. The highest BCUT2D eigenvalue weighted by molar-refractivity contribution is 14.0. The minimum Gasteiger partial charge on any atom is -0.492 e. The summed E-state index contributed by atoms with van der Waals surface area (Å²) in [5.74, 6) is 1.91. The van der Waals surface area contributed by atoms with Crippen LogP contribution in [-0.4, -0.2) is 99.2 Å². The summed E-state index contributed by atoms with van der Waals surface area (Å²) in [4.78, 5) is 23.7. The number of carbonyl (C=O) groups excluding carboxylic acids is 1. The van der Waals surface area contributed by atoms with Gasteiger partial charge in [0, 0.05) is 51.4 Å². The third-order valence-corrected chi connectivity index (χ3v) is 5.60. The number of likely N-dealkylation sites (N-methyl/N-ethyl adjacent to an activating group) is 1. The van der Waals surface area contributed by atoms with E-state index in [4.69, 9.17) is 14.5 Å².